The number of urea groups is 1. The minimum Gasteiger partial charge on any atom is -0.481 e. The summed E-state index contributed by atoms with van der Waals surface area (Å²) < 4.78 is 0. The first kappa shape index (κ1) is 33.0. The van der Waals surface area contributed by atoms with Crippen molar-refractivity contribution in [2.45, 2.75) is 38.6 Å². The van der Waals surface area contributed by atoms with Crippen LogP contribution < -0.4 is 10.2 Å². The fourth-order valence-corrected chi connectivity index (χ4v) is 6.73. The van der Waals surface area contributed by atoms with Crippen molar-refractivity contribution in [1.82, 2.24) is 10.2 Å². The molecule has 0 aliphatic carbocycles. The normalized spacial score (nSPS) is 16.5. The Kier molecular flexibility index (Phi) is 10.7. The number of amides is 3. The number of anilines is 1. The van der Waals surface area contributed by atoms with Gasteiger partial charge in [-0.25, -0.2) is 4.79 Å². The van der Waals surface area contributed by atoms with Crippen LogP contribution in [0.2, 0.25) is 10.0 Å². The van der Waals surface area contributed by atoms with Crippen molar-refractivity contribution < 1.29 is 19.5 Å². The Morgan fingerprint density at radius 3 is 2.09 bits per heavy atom. The van der Waals surface area contributed by atoms with Crippen molar-refractivity contribution in [2.24, 2.45) is 5.41 Å². The Morgan fingerprint density at radius 2 is 1.50 bits per heavy atom. The monoisotopic (exact) mass is 657 g/mol. The smallest absolute Gasteiger partial charge is 0.324 e. The van der Waals surface area contributed by atoms with E-state index in [1.165, 1.54) is 0 Å². The molecule has 1 unspecified atom stereocenters. The third-order valence-electron chi connectivity index (χ3n) is 8.46. The van der Waals surface area contributed by atoms with E-state index in [1.807, 2.05) is 67.6 Å². The lowest BCUT2D eigenvalue weighted by Gasteiger charge is -2.47. The Hall–Kier alpha value is -4.33. The summed E-state index contributed by atoms with van der Waals surface area (Å²) in [6, 6.07) is 32.6. The van der Waals surface area contributed by atoms with E-state index in [0.717, 1.165) is 16.7 Å². The SMILES string of the molecule is Cc1ccc(N2CC(CC(=O)O)(CC(=O)NCCC(c3ccccc3)c3ccccc3)CN(Cc3ccc(Cl)cc3Cl)C2=O)cc1. The van der Waals surface area contributed by atoms with Crippen molar-refractivity contribution in [3.63, 3.8) is 0 Å². The molecule has 9 heteroatoms. The van der Waals surface area contributed by atoms with Gasteiger partial charge in [0.05, 0.1) is 6.42 Å². The molecule has 1 saturated heterocycles. The van der Waals surface area contributed by atoms with Crippen molar-refractivity contribution in [3.8, 4) is 0 Å². The second kappa shape index (κ2) is 14.8. The number of carbonyl (C=O) groups excluding carboxylic acids is 2. The molecule has 7 nitrogen and oxygen atoms in total. The van der Waals surface area contributed by atoms with Gasteiger partial charge in [-0.3, -0.25) is 14.5 Å². The molecule has 4 aromatic carbocycles. The minimum atomic E-state index is -1.06. The number of hydrogen-bond acceptors (Lipinski definition) is 3. The number of carboxylic acids is 1. The summed E-state index contributed by atoms with van der Waals surface area (Å²) in [6.07, 6.45) is 0.305. The van der Waals surface area contributed by atoms with Crippen LogP contribution in [0.3, 0.4) is 0 Å². The molecular weight excluding hydrogens is 621 g/mol. The molecule has 3 amide bonds. The summed E-state index contributed by atoms with van der Waals surface area (Å²) in [7, 11) is 0. The predicted octanol–water partition coefficient (Wildman–Crippen LogP) is 7.93. The third-order valence-corrected chi connectivity index (χ3v) is 9.05. The van der Waals surface area contributed by atoms with Gasteiger partial charge in [-0.1, -0.05) is 108 Å². The highest BCUT2D eigenvalue weighted by Gasteiger charge is 2.46. The van der Waals surface area contributed by atoms with Gasteiger partial charge in [0, 0.05) is 59.7 Å². The Balaban J connectivity index is 1.38. The molecule has 4 aromatic rings. The molecule has 0 radical (unpaired) electrons. The highest BCUT2D eigenvalue weighted by molar-refractivity contribution is 6.35. The Labute approximate surface area is 279 Å². The number of nitrogens with zero attached hydrogens (tertiary/aromatic N) is 2. The van der Waals surface area contributed by atoms with Crippen LogP contribution in [0.25, 0.3) is 0 Å². The number of rotatable bonds is 12. The van der Waals surface area contributed by atoms with E-state index in [4.69, 9.17) is 23.2 Å². The van der Waals surface area contributed by atoms with Crippen LogP contribution in [0.15, 0.2) is 103 Å². The number of hydrogen-bond donors (Lipinski definition) is 2. The summed E-state index contributed by atoms with van der Waals surface area (Å²) in [5, 5.41) is 14.0. The van der Waals surface area contributed by atoms with Crippen LogP contribution in [0.5, 0.6) is 0 Å². The summed E-state index contributed by atoms with van der Waals surface area (Å²) >= 11 is 12.6. The van der Waals surface area contributed by atoms with E-state index in [2.05, 4.69) is 29.6 Å². The van der Waals surface area contributed by atoms with Crippen LogP contribution in [-0.2, 0) is 16.1 Å². The lowest BCUT2D eigenvalue weighted by Crippen LogP contribution is -2.60. The van der Waals surface area contributed by atoms with Crippen molar-refractivity contribution in [2.75, 3.05) is 24.5 Å². The average molecular weight is 659 g/mol. The zero-order valence-electron chi connectivity index (χ0n) is 25.7. The van der Waals surface area contributed by atoms with E-state index in [0.29, 0.717) is 34.3 Å². The van der Waals surface area contributed by atoms with Gasteiger partial charge >= 0.3 is 12.0 Å². The van der Waals surface area contributed by atoms with Crippen molar-refractivity contribution >= 4 is 46.8 Å². The second-order valence-electron chi connectivity index (χ2n) is 12.1. The maximum atomic E-state index is 13.9. The zero-order chi connectivity index (χ0) is 32.7. The molecule has 0 bridgehead atoms. The molecule has 0 aromatic heterocycles. The van der Waals surface area contributed by atoms with E-state index in [-0.39, 0.29) is 50.3 Å². The number of aryl methyl sites for hydroxylation is 1. The van der Waals surface area contributed by atoms with E-state index >= 15 is 0 Å². The van der Waals surface area contributed by atoms with Gasteiger partial charge in [-0.05, 0) is 54.3 Å². The maximum absolute atomic E-state index is 13.9. The molecule has 1 aliphatic heterocycles. The molecule has 46 heavy (non-hydrogen) atoms. The number of carbonyl (C=O) groups is 3. The van der Waals surface area contributed by atoms with Gasteiger partial charge in [-0.2, -0.15) is 0 Å². The van der Waals surface area contributed by atoms with Gasteiger partial charge in [0.15, 0.2) is 0 Å². The summed E-state index contributed by atoms with van der Waals surface area (Å²) in [6.45, 7) is 2.65. The van der Waals surface area contributed by atoms with Crippen LogP contribution in [0.1, 0.15) is 47.4 Å². The van der Waals surface area contributed by atoms with Gasteiger partial charge in [0.1, 0.15) is 0 Å². The standard InChI is InChI=1S/C37H37Cl2N3O4/c1-26-12-16-31(17-13-26)42-25-37(22-35(44)45,24-41(36(42)46)23-29-14-15-30(38)20-33(29)39)21-34(43)40-19-18-32(27-8-4-2-5-9-27)28-10-6-3-7-11-28/h2-17,20,32H,18-19,21-25H2,1H3,(H,40,43)(H,44,45). The van der Waals surface area contributed by atoms with E-state index < -0.39 is 11.4 Å². The molecule has 1 fully saturated rings. The largest absolute Gasteiger partial charge is 0.481 e. The number of nitrogens with one attached hydrogen (secondary N) is 1. The Morgan fingerprint density at radius 1 is 0.870 bits per heavy atom. The molecule has 2 N–H and O–H groups in total. The van der Waals surface area contributed by atoms with Crippen LogP contribution in [0, 0.1) is 12.3 Å². The fourth-order valence-electron chi connectivity index (χ4n) is 6.26. The molecule has 1 aliphatic rings. The number of carboxylic acid groups (broad SMARTS) is 1. The summed E-state index contributed by atoms with van der Waals surface area (Å²) in [4.78, 5) is 43.0. The quantitative estimate of drug-likeness (QED) is 0.162. The first-order valence-corrected chi connectivity index (χ1v) is 16.0. The first-order valence-electron chi connectivity index (χ1n) is 15.3. The first-order chi connectivity index (χ1) is 22.1. The highest BCUT2D eigenvalue weighted by Crippen LogP contribution is 2.38. The van der Waals surface area contributed by atoms with E-state index in [1.54, 1.807) is 28.0 Å². The van der Waals surface area contributed by atoms with E-state index in [9.17, 15) is 19.5 Å². The van der Waals surface area contributed by atoms with Crippen molar-refractivity contribution in [3.05, 3.63) is 135 Å². The van der Waals surface area contributed by atoms with Crippen LogP contribution >= 0.6 is 23.2 Å². The lowest BCUT2D eigenvalue weighted by atomic mass is 9.77. The molecule has 5 rings (SSSR count). The van der Waals surface area contributed by atoms with Gasteiger partial charge in [-0.15, -0.1) is 0 Å². The second-order valence-corrected chi connectivity index (χ2v) is 12.9. The van der Waals surface area contributed by atoms with Gasteiger partial charge in [0.25, 0.3) is 0 Å². The molecular formula is C37H37Cl2N3O4. The number of benzene rings is 4. The Bertz CT molecular complexity index is 1630. The van der Waals surface area contributed by atoms with Gasteiger partial charge < -0.3 is 15.3 Å². The summed E-state index contributed by atoms with van der Waals surface area (Å²) in [5.41, 5.74) is 3.57. The number of aliphatic carboxylic acids is 1. The van der Waals surface area contributed by atoms with Crippen molar-refractivity contribution in [1.29, 1.82) is 0 Å². The summed E-state index contributed by atoms with van der Waals surface area (Å²) in [5.74, 6) is -1.22. The molecule has 0 spiro atoms. The topological polar surface area (TPSA) is 89.9 Å². The highest BCUT2D eigenvalue weighted by atomic mass is 35.5. The van der Waals surface area contributed by atoms with Crippen LogP contribution in [0.4, 0.5) is 10.5 Å². The van der Waals surface area contributed by atoms with Crippen LogP contribution in [-0.4, -0.2) is 47.5 Å². The molecule has 1 heterocycles. The fraction of sp³-hybridized carbons (Fsp3) is 0.270. The third kappa shape index (κ3) is 8.27. The molecule has 1 atom stereocenters. The zero-order valence-corrected chi connectivity index (χ0v) is 27.2. The lowest BCUT2D eigenvalue weighted by molar-refractivity contribution is -0.140. The predicted molar refractivity (Wildman–Crippen MR) is 182 cm³/mol. The molecule has 238 valence electrons. The average Bonchev–Trinajstić information content (AvgIpc) is 3.03. The maximum Gasteiger partial charge on any atom is 0.324 e. The molecule has 0 saturated carbocycles. The minimum absolute atomic E-state index is 0.0683. The number of halogens is 2. The van der Waals surface area contributed by atoms with Gasteiger partial charge in [0.2, 0.25) is 5.91 Å².